The van der Waals surface area contributed by atoms with Crippen LogP contribution >= 0.6 is 0 Å². The van der Waals surface area contributed by atoms with E-state index in [-0.39, 0.29) is 10.9 Å². The number of aromatic nitrogens is 4. The number of hydrogen-bond donors (Lipinski definition) is 1. The maximum absolute atomic E-state index is 12.7. The molecule has 1 aliphatic heterocycles. The van der Waals surface area contributed by atoms with Crippen molar-refractivity contribution in [2.24, 2.45) is 7.05 Å². The smallest absolute Gasteiger partial charge is 0.246 e. The van der Waals surface area contributed by atoms with Crippen LogP contribution in [0.1, 0.15) is 42.8 Å². The Morgan fingerprint density at radius 2 is 1.89 bits per heavy atom. The van der Waals surface area contributed by atoms with Crippen molar-refractivity contribution in [1.82, 2.24) is 24.1 Å². The van der Waals surface area contributed by atoms with Crippen LogP contribution in [0.3, 0.4) is 0 Å². The molecular weight excluding hydrogens is 364 g/mol. The molecule has 1 aliphatic carbocycles. The molecule has 9 heteroatoms. The second-order valence-electron chi connectivity index (χ2n) is 7.42. The van der Waals surface area contributed by atoms with Crippen LogP contribution in [-0.4, -0.2) is 51.6 Å². The van der Waals surface area contributed by atoms with Gasteiger partial charge in [0, 0.05) is 43.6 Å². The molecule has 2 aliphatic rings. The zero-order valence-corrected chi connectivity index (χ0v) is 16.7. The van der Waals surface area contributed by atoms with Crippen molar-refractivity contribution < 1.29 is 8.42 Å². The van der Waals surface area contributed by atoms with E-state index in [0.29, 0.717) is 13.1 Å². The van der Waals surface area contributed by atoms with Crippen LogP contribution in [0.4, 0.5) is 5.82 Å². The number of anilines is 1. The van der Waals surface area contributed by atoms with Crippen LogP contribution in [0.25, 0.3) is 0 Å². The monoisotopic (exact) mass is 390 g/mol. The second kappa shape index (κ2) is 7.20. The Labute approximate surface area is 160 Å². The van der Waals surface area contributed by atoms with Crippen molar-refractivity contribution in [3.8, 4) is 0 Å². The summed E-state index contributed by atoms with van der Waals surface area (Å²) in [6, 6.07) is 0.227. The van der Waals surface area contributed by atoms with Crippen LogP contribution in [0.2, 0.25) is 0 Å². The average Bonchev–Trinajstić information content (AvgIpc) is 3.09. The first-order valence-corrected chi connectivity index (χ1v) is 11.0. The van der Waals surface area contributed by atoms with Gasteiger partial charge in [-0.3, -0.25) is 4.68 Å². The van der Waals surface area contributed by atoms with Crippen LogP contribution in [0.15, 0.2) is 17.3 Å². The number of piperidine rings is 1. The lowest BCUT2D eigenvalue weighted by atomic mass is 9.96. The SMILES string of the molecule is Cc1nc2c(c(NC3CCN(S(=O)(=O)c4cnn(C)c4)CC3)n1)CCCC2. The van der Waals surface area contributed by atoms with E-state index in [1.807, 2.05) is 6.92 Å². The lowest BCUT2D eigenvalue weighted by Gasteiger charge is -2.32. The fourth-order valence-electron chi connectivity index (χ4n) is 3.95. The Morgan fingerprint density at radius 1 is 1.15 bits per heavy atom. The molecule has 0 atom stereocenters. The first kappa shape index (κ1) is 18.4. The van der Waals surface area contributed by atoms with Crippen molar-refractivity contribution in [2.75, 3.05) is 18.4 Å². The molecule has 0 bridgehead atoms. The highest BCUT2D eigenvalue weighted by Crippen LogP contribution is 2.28. The third kappa shape index (κ3) is 3.70. The summed E-state index contributed by atoms with van der Waals surface area (Å²) in [7, 11) is -1.74. The molecule has 4 rings (SSSR count). The van der Waals surface area contributed by atoms with Crippen LogP contribution < -0.4 is 5.32 Å². The number of sulfonamides is 1. The molecule has 1 N–H and O–H groups in total. The molecule has 0 amide bonds. The van der Waals surface area contributed by atoms with Crippen LogP contribution in [0.5, 0.6) is 0 Å². The predicted molar refractivity (Wildman–Crippen MR) is 102 cm³/mol. The van der Waals surface area contributed by atoms with Gasteiger partial charge in [-0.1, -0.05) is 0 Å². The lowest BCUT2D eigenvalue weighted by molar-refractivity contribution is 0.329. The van der Waals surface area contributed by atoms with E-state index in [9.17, 15) is 8.42 Å². The second-order valence-corrected chi connectivity index (χ2v) is 9.36. The molecule has 1 fully saturated rings. The first-order chi connectivity index (χ1) is 12.9. The Hall–Kier alpha value is -2.00. The first-order valence-electron chi connectivity index (χ1n) is 9.55. The standard InChI is InChI=1S/C18H26N6O2S/c1-13-20-17-6-4-3-5-16(17)18(21-13)22-14-7-9-24(10-8-14)27(25,26)15-11-19-23(2)12-15/h11-12,14H,3-10H2,1-2H3,(H,20,21,22). The van der Waals surface area contributed by atoms with Gasteiger partial charge in [0.15, 0.2) is 0 Å². The Morgan fingerprint density at radius 3 is 2.59 bits per heavy atom. The molecule has 0 unspecified atom stereocenters. The molecule has 2 aromatic heterocycles. The molecule has 3 heterocycles. The molecular formula is C18H26N6O2S. The number of hydrogen-bond acceptors (Lipinski definition) is 6. The summed E-state index contributed by atoms with van der Waals surface area (Å²) >= 11 is 0. The molecule has 146 valence electrons. The fraction of sp³-hybridized carbons (Fsp3) is 0.611. The summed E-state index contributed by atoms with van der Waals surface area (Å²) in [6.45, 7) is 2.94. The highest BCUT2D eigenvalue weighted by atomic mass is 32.2. The number of aryl methyl sites for hydroxylation is 3. The third-order valence-corrected chi connectivity index (χ3v) is 7.26. The summed E-state index contributed by atoms with van der Waals surface area (Å²) in [6.07, 6.45) is 8.89. The third-order valence-electron chi connectivity index (χ3n) is 5.41. The van der Waals surface area contributed by atoms with Crippen molar-refractivity contribution >= 4 is 15.8 Å². The van der Waals surface area contributed by atoms with E-state index in [0.717, 1.165) is 37.3 Å². The summed E-state index contributed by atoms with van der Waals surface area (Å²) in [5.41, 5.74) is 2.42. The van der Waals surface area contributed by atoms with Crippen LogP contribution in [-0.2, 0) is 29.9 Å². The highest BCUT2D eigenvalue weighted by Gasteiger charge is 2.31. The van der Waals surface area contributed by atoms with E-state index in [1.54, 1.807) is 17.5 Å². The summed E-state index contributed by atoms with van der Waals surface area (Å²) in [5.74, 6) is 1.75. The fourth-order valence-corrected chi connectivity index (χ4v) is 5.41. The van der Waals surface area contributed by atoms with Gasteiger partial charge in [-0.05, 0) is 45.4 Å². The average molecular weight is 391 g/mol. The Kier molecular flexibility index (Phi) is 4.90. The number of fused-ring (bicyclic) bond motifs is 1. The number of nitrogens with one attached hydrogen (secondary N) is 1. The van der Waals surface area contributed by atoms with Gasteiger partial charge in [0.25, 0.3) is 0 Å². The molecule has 0 aromatic carbocycles. The minimum Gasteiger partial charge on any atom is -0.367 e. The van der Waals surface area contributed by atoms with Crippen molar-refractivity contribution in [1.29, 1.82) is 0 Å². The normalized spacial score (nSPS) is 19.0. The summed E-state index contributed by atoms with van der Waals surface area (Å²) in [4.78, 5) is 9.50. The zero-order valence-electron chi connectivity index (χ0n) is 15.8. The minimum absolute atomic E-state index is 0.227. The summed E-state index contributed by atoms with van der Waals surface area (Å²) in [5, 5.41) is 7.56. The number of nitrogens with zero attached hydrogens (tertiary/aromatic N) is 5. The van der Waals surface area contributed by atoms with Crippen molar-refractivity contribution in [3.63, 3.8) is 0 Å². The molecule has 0 spiro atoms. The van der Waals surface area contributed by atoms with Gasteiger partial charge in [-0.25, -0.2) is 18.4 Å². The largest absolute Gasteiger partial charge is 0.367 e. The summed E-state index contributed by atoms with van der Waals surface area (Å²) < 4.78 is 28.5. The zero-order chi connectivity index (χ0) is 19.0. The molecule has 1 saturated heterocycles. The highest BCUT2D eigenvalue weighted by molar-refractivity contribution is 7.89. The van der Waals surface area contributed by atoms with E-state index in [4.69, 9.17) is 0 Å². The quantitative estimate of drug-likeness (QED) is 0.853. The van der Waals surface area contributed by atoms with E-state index >= 15 is 0 Å². The van der Waals surface area contributed by atoms with Gasteiger partial charge < -0.3 is 5.32 Å². The minimum atomic E-state index is -3.46. The van der Waals surface area contributed by atoms with Gasteiger partial charge in [0.05, 0.1) is 6.20 Å². The van der Waals surface area contributed by atoms with E-state index in [2.05, 4.69) is 20.4 Å². The topological polar surface area (TPSA) is 93.0 Å². The van der Waals surface area contributed by atoms with Gasteiger partial charge in [0.1, 0.15) is 16.5 Å². The number of rotatable bonds is 4. The Bertz CT molecular complexity index is 931. The van der Waals surface area contributed by atoms with E-state index in [1.165, 1.54) is 35.0 Å². The molecule has 8 nitrogen and oxygen atoms in total. The van der Waals surface area contributed by atoms with Gasteiger partial charge >= 0.3 is 0 Å². The predicted octanol–water partition coefficient (Wildman–Crippen LogP) is 1.66. The van der Waals surface area contributed by atoms with Gasteiger partial charge in [-0.15, -0.1) is 0 Å². The lowest BCUT2D eigenvalue weighted by Crippen LogP contribution is -2.42. The van der Waals surface area contributed by atoms with Crippen LogP contribution in [0, 0.1) is 6.92 Å². The van der Waals surface area contributed by atoms with Crippen molar-refractivity contribution in [2.45, 2.75) is 56.4 Å². The molecule has 0 radical (unpaired) electrons. The molecule has 2 aromatic rings. The maximum atomic E-state index is 12.7. The Balaban J connectivity index is 1.44. The van der Waals surface area contributed by atoms with E-state index < -0.39 is 10.0 Å². The maximum Gasteiger partial charge on any atom is 0.246 e. The van der Waals surface area contributed by atoms with Gasteiger partial charge in [0.2, 0.25) is 10.0 Å². The van der Waals surface area contributed by atoms with Crippen molar-refractivity contribution in [3.05, 3.63) is 29.5 Å². The van der Waals surface area contributed by atoms with Gasteiger partial charge in [-0.2, -0.15) is 9.40 Å². The molecule has 27 heavy (non-hydrogen) atoms. The molecule has 0 saturated carbocycles.